The van der Waals surface area contributed by atoms with Crippen molar-refractivity contribution in [2.45, 2.75) is 27.0 Å². The first-order valence-electron chi connectivity index (χ1n) is 6.35. The molecule has 0 aliphatic heterocycles. The molecule has 1 aromatic carbocycles. The van der Waals surface area contributed by atoms with Crippen LogP contribution in [0.25, 0.3) is 0 Å². The quantitative estimate of drug-likeness (QED) is 0.909. The summed E-state index contributed by atoms with van der Waals surface area (Å²) in [6.45, 7) is 1.25. The number of hydrogen-bond acceptors (Lipinski definition) is 3. The number of benzene rings is 1. The summed E-state index contributed by atoms with van der Waals surface area (Å²) >= 11 is 5.91. The molecule has 4 nitrogen and oxygen atoms in total. The van der Waals surface area contributed by atoms with E-state index in [2.05, 4.69) is 15.2 Å². The summed E-state index contributed by atoms with van der Waals surface area (Å²) in [6, 6.07) is 4.56. The lowest BCUT2D eigenvalue weighted by atomic mass is 10.2. The standard InChI is InChI=1S/C14H16ClF2N3O/c1-8-13(9(2)20(3)19-8)18-7-10-6-11(15)4-5-12(10)21-14(16)17/h4-6,14,18H,7H2,1-3H3. The molecule has 21 heavy (non-hydrogen) atoms. The molecule has 0 unspecified atom stereocenters. The highest BCUT2D eigenvalue weighted by Crippen LogP contribution is 2.26. The Morgan fingerprint density at radius 1 is 1.38 bits per heavy atom. The second-order valence-corrected chi connectivity index (χ2v) is 5.09. The number of rotatable bonds is 5. The monoisotopic (exact) mass is 315 g/mol. The molecule has 0 atom stereocenters. The van der Waals surface area contributed by atoms with Crippen LogP contribution in [0.5, 0.6) is 5.75 Å². The summed E-state index contributed by atoms with van der Waals surface area (Å²) in [4.78, 5) is 0. The van der Waals surface area contributed by atoms with Gasteiger partial charge in [0.1, 0.15) is 5.75 Å². The molecule has 2 rings (SSSR count). The van der Waals surface area contributed by atoms with Gasteiger partial charge in [-0.2, -0.15) is 13.9 Å². The van der Waals surface area contributed by atoms with Crippen molar-refractivity contribution < 1.29 is 13.5 Å². The third kappa shape index (κ3) is 3.64. The number of nitrogens with one attached hydrogen (secondary N) is 1. The highest BCUT2D eigenvalue weighted by atomic mass is 35.5. The predicted octanol–water partition coefficient (Wildman–Crippen LogP) is 3.90. The summed E-state index contributed by atoms with van der Waals surface area (Å²) in [7, 11) is 1.85. The highest BCUT2D eigenvalue weighted by molar-refractivity contribution is 6.30. The first-order valence-corrected chi connectivity index (χ1v) is 6.73. The summed E-state index contributed by atoms with van der Waals surface area (Å²) in [5.74, 6) is 0.112. The van der Waals surface area contributed by atoms with Gasteiger partial charge in [0.2, 0.25) is 0 Å². The molecular weight excluding hydrogens is 300 g/mol. The molecule has 1 aromatic heterocycles. The van der Waals surface area contributed by atoms with Crippen molar-refractivity contribution in [2.24, 2.45) is 7.05 Å². The van der Waals surface area contributed by atoms with Crippen LogP contribution in [0.1, 0.15) is 17.0 Å². The van der Waals surface area contributed by atoms with E-state index in [1.54, 1.807) is 10.7 Å². The topological polar surface area (TPSA) is 39.1 Å². The molecule has 0 saturated carbocycles. The molecule has 2 aromatic rings. The fourth-order valence-electron chi connectivity index (χ4n) is 2.11. The molecule has 7 heteroatoms. The van der Waals surface area contributed by atoms with E-state index in [4.69, 9.17) is 11.6 Å². The second-order valence-electron chi connectivity index (χ2n) is 4.65. The van der Waals surface area contributed by atoms with Crippen LogP contribution in [0.2, 0.25) is 5.02 Å². The number of aryl methyl sites for hydroxylation is 2. The van der Waals surface area contributed by atoms with Gasteiger partial charge in [0.05, 0.1) is 17.1 Å². The van der Waals surface area contributed by atoms with E-state index in [0.717, 1.165) is 17.1 Å². The van der Waals surface area contributed by atoms with Gasteiger partial charge in [0.25, 0.3) is 0 Å². The third-order valence-corrected chi connectivity index (χ3v) is 3.44. The predicted molar refractivity (Wildman–Crippen MR) is 78.1 cm³/mol. The molecule has 0 aliphatic carbocycles. The molecule has 0 aliphatic rings. The van der Waals surface area contributed by atoms with E-state index in [1.807, 2.05) is 20.9 Å². The van der Waals surface area contributed by atoms with Crippen molar-refractivity contribution in [3.8, 4) is 5.75 Å². The third-order valence-electron chi connectivity index (χ3n) is 3.20. The van der Waals surface area contributed by atoms with Crippen LogP contribution in [0.15, 0.2) is 18.2 Å². The van der Waals surface area contributed by atoms with Crippen LogP contribution in [-0.2, 0) is 13.6 Å². The number of alkyl halides is 2. The van der Waals surface area contributed by atoms with Crippen LogP contribution >= 0.6 is 11.6 Å². The highest BCUT2D eigenvalue weighted by Gasteiger charge is 2.13. The Balaban J connectivity index is 2.21. The fourth-order valence-corrected chi connectivity index (χ4v) is 2.30. The first kappa shape index (κ1) is 15.6. The van der Waals surface area contributed by atoms with Crippen molar-refractivity contribution in [1.82, 2.24) is 9.78 Å². The Bertz CT molecular complexity index is 643. The zero-order valence-corrected chi connectivity index (χ0v) is 12.7. The van der Waals surface area contributed by atoms with Crippen LogP contribution in [0.3, 0.4) is 0 Å². The lowest BCUT2D eigenvalue weighted by Gasteiger charge is -2.13. The minimum absolute atomic E-state index is 0.112. The average Bonchev–Trinajstić information content (AvgIpc) is 2.64. The van der Waals surface area contributed by atoms with Gasteiger partial charge in [-0.25, -0.2) is 0 Å². The average molecular weight is 316 g/mol. The van der Waals surface area contributed by atoms with Gasteiger partial charge in [-0.15, -0.1) is 0 Å². The van der Waals surface area contributed by atoms with Crippen molar-refractivity contribution in [3.63, 3.8) is 0 Å². The van der Waals surface area contributed by atoms with E-state index >= 15 is 0 Å². The first-order chi connectivity index (χ1) is 9.88. The molecule has 0 spiro atoms. The molecule has 0 bridgehead atoms. The Morgan fingerprint density at radius 2 is 2.10 bits per heavy atom. The van der Waals surface area contributed by atoms with Crippen LogP contribution in [-0.4, -0.2) is 16.4 Å². The Morgan fingerprint density at radius 3 is 2.67 bits per heavy atom. The van der Waals surface area contributed by atoms with E-state index in [1.165, 1.54) is 12.1 Å². The lowest BCUT2D eigenvalue weighted by Crippen LogP contribution is -2.08. The largest absolute Gasteiger partial charge is 0.434 e. The number of nitrogens with zero attached hydrogens (tertiary/aromatic N) is 2. The molecule has 114 valence electrons. The van der Waals surface area contributed by atoms with E-state index in [0.29, 0.717) is 17.1 Å². The van der Waals surface area contributed by atoms with Crippen LogP contribution < -0.4 is 10.1 Å². The molecular formula is C14H16ClF2N3O. The van der Waals surface area contributed by atoms with Gasteiger partial charge >= 0.3 is 6.61 Å². The van der Waals surface area contributed by atoms with Gasteiger partial charge in [-0.1, -0.05) is 11.6 Å². The lowest BCUT2D eigenvalue weighted by molar-refractivity contribution is -0.0504. The van der Waals surface area contributed by atoms with Gasteiger partial charge in [0.15, 0.2) is 0 Å². The zero-order chi connectivity index (χ0) is 15.6. The van der Waals surface area contributed by atoms with E-state index in [9.17, 15) is 8.78 Å². The summed E-state index contributed by atoms with van der Waals surface area (Å²) in [5, 5.41) is 7.95. The SMILES string of the molecule is Cc1nn(C)c(C)c1NCc1cc(Cl)ccc1OC(F)F. The normalized spacial score (nSPS) is 11.0. The summed E-state index contributed by atoms with van der Waals surface area (Å²) in [6.07, 6.45) is 0. The summed E-state index contributed by atoms with van der Waals surface area (Å²) < 4.78 is 31.1. The van der Waals surface area contributed by atoms with Crippen LogP contribution in [0.4, 0.5) is 14.5 Å². The van der Waals surface area contributed by atoms with Crippen molar-refractivity contribution in [2.75, 3.05) is 5.32 Å². The summed E-state index contributed by atoms with van der Waals surface area (Å²) in [5.41, 5.74) is 3.24. The Kier molecular flexibility index (Phi) is 4.67. The van der Waals surface area contributed by atoms with Crippen molar-refractivity contribution in [3.05, 3.63) is 40.2 Å². The number of aromatic nitrogens is 2. The van der Waals surface area contributed by atoms with Gasteiger partial charge < -0.3 is 10.1 Å². The number of anilines is 1. The molecule has 1 heterocycles. The number of ether oxygens (including phenoxy) is 1. The smallest absolute Gasteiger partial charge is 0.387 e. The minimum Gasteiger partial charge on any atom is -0.434 e. The maximum atomic E-state index is 12.4. The number of halogens is 3. The van der Waals surface area contributed by atoms with Crippen molar-refractivity contribution >= 4 is 17.3 Å². The zero-order valence-electron chi connectivity index (χ0n) is 12.0. The van der Waals surface area contributed by atoms with Gasteiger partial charge in [-0.05, 0) is 32.0 Å². The number of hydrogen-bond donors (Lipinski definition) is 1. The molecule has 0 fully saturated rings. The molecule has 0 saturated heterocycles. The van der Waals surface area contributed by atoms with Gasteiger partial charge in [0, 0.05) is 24.2 Å². The van der Waals surface area contributed by atoms with E-state index < -0.39 is 6.61 Å². The molecule has 0 radical (unpaired) electrons. The van der Waals surface area contributed by atoms with Gasteiger partial charge in [-0.3, -0.25) is 4.68 Å². The minimum atomic E-state index is -2.87. The molecule has 1 N–H and O–H groups in total. The van der Waals surface area contributed by atoms with Crippen molar-refractivity contribution in [1.29, 1.82) is 0 Å². The second kappa shape index (κ2) is 6.30. The maximum absolute atomic E-state index is 12.4. The Labute approximate surface area is 126 Å². The van der Waals surface area contributed by atoms with E-state index in [-0.39, 0.29) is 5.75 Å². The maximum Gasteiger partial charge on any atom is 0.387 e. The Hall–Kier alpha value is -1.82. The fraction of sp³-hybridized carbons (Fsp3) is 0.357. The molecule has 0 amide bonds. The van der Waals surface area contributed by atoms with Crippen LogP contribution in [0, 0.1) is 13.8 Å².